The maximum Gasteiger partial charge on any atom is 0.0659 e. The highest BCUT2D eigenvalue weighted by Crippen LogP contribution is 2.28. The van der Waals surface area contributed by atoms with Gasteiger partial charge in [0.1, 0.15) is 0 Å². The van der Waals surface area contributed by atoms with Crippen molar-refractivity contribution in [3.05, 3.63) is 36.0 Å². The highest BCUT2D eigenvalue weighted by molar-refractivity contribution is 5.30. The number of hydrogen-bond acceptors (Lipinski definition) is 1. The normalized spacial score (nSPS) is 15.5. The first-order chi connectivity index (χ1) is 7.32. The molecule has 0 aromatic rings. The molecular weight excluding hydrogens is 196 g/mol. The first kappa shape index (κ1) is 15.2. The molecule has 0 fully saturated rings. The number of rotatable bonds is 5. The Morgan fingerprint density at radius 3 is 2.25 bits per heavy atom. The zero-order valence-electron chi connectivity index (χ0n) is 11.6. The van der Waals surface area contributed by atoms with Crippen LogP contribution in [-0.2, 0) is 4.74 Å². The maximum atomic E-state index is 5.57. The first-order valence-corrected chi connectivity index (χ1v) is 5.83. The molecule has 0 aliphatic rings. The van der Waals surface area contributed by atoms with E-state index in [4.69, 9.17) is 4.74 Å². The third kappa shape index (κ3) is 5.32. The van der Waals surface area contributed by atoms with Crippen molar-refractivity contribution in [3.8, 4) is 0 Å². The number of hydrogen-bond donors (Lipinski definition) is 0. The quantitative estimate of drug-likeness (QED) is 0.622. The second-order valence-electron chi connectivity index (χ2n) is 5.29. The first-order valence-electron chi connectivity index (χ1n) is 5.83. The molecule has 1 nitrogen and oxygen atoms in total. The monoisotopic (exact) mass is 222 g/mol. The zero-order chi connectivity index (χ0) is 12.8. The molecule has 0 aromatic heterocycles. The van der Waals surface area contributed by atoms with E-state index in [1.54, 1.807) is 7.11 Å². The highest BCUT2D eigenvalue weighted by Gasteiger charge is 2.25. The fourth-order valence-electron chi connectivity index (χ4n) is 1.54. The molecule has 0 spiro atoms. The Hall–Kier alpha value is -0.820. The predicted octanol–water partition coefficient (Wildman–Crippen LogP) is 4.52. The van der Waals surface area contributed by atoms with Crippen LogP contribution in [-0.4, -0.2) is 13.2 Å². The van der Waals surface area contributed by atoms with Crippen molar-refractivity contribution in [3.63, 3.8) is 0 Å². The molecule has 0 bridgehead atoms. The summed E-state index contributed by atoms with van der Waals surface area (Å²) in [5, 5.41) is 0. The average molecular weight is 222 g/mol. The topological polar surface area (TPSA) is 9.23 Å². The van der Waals surface area contributed by atoms with E-state index in [2.05, 4.69) is 39.5 Å². The number of methoxy groups -OCH3 is 1. The van der Waals surface area contributed by atoms with E-state index in [1.807, 2.05) is 19.9 Å². The maximum absolute atomic E-state index is 5.57. The fraction of sp³-hybridized carbons (Fsp3) is 0.600. The standard InChI is InChI=1S/C15H26O/c1-8-9-10-13(12(2)3)11-14(16-7)15(4,5)6/h8-10,14H,2,11H2,1,3-7H3/b9-8-,13-10-. The molecule has 0 amide bonds. The van der Waals surface area contributed by atoms with Crippen LogP contribution in [0.25, 0.3) is 0 Å². The van der Waals surface area contributed by atoms with E-state index in [0.29, 0.717) is 0 Å². The molecule has 1 atom stereocenters. The summed E-state index contributed by atoms with van der Waals surface area (Å²) in [6.45, 7) is 14.7. The van der Waals surface area contributed by atoms with Crippen molar-refractivity contribution in [2.75, 3.05) is 7.11 Å². The van der Waals surface area contributed by atoms with E-state index in [0.717, 1.165) is 12.0 Å². The van der Waals surface area contributed by atoms with E-state index in [9.17, 15) is 0 Å². The van der Waals surface area contributed by atoms with Gasteiger partial charge in [0.25, 0.3) is 0 Å². The molecular formula is C15H26O. The molecule has 1 heteroatoms. The van der Waals surface area contributed by atoms with Gasteiger partial charge in [-0.15, -0.1) is 0 Å². The van der Waals surface area contributed by atoms with Crippen molar-refractivity contribution in [2.24, 2.45) is 5.41 Å². The van der Waals surface area contributed by atoms with Gasteiger partial charge in [-0.05, 0) is 31.3 Å². The Kier molecular flexibility index (Phi) is 6.35. The minimum absolute atomic E-state index is 0.152. The van der Waals surface area contributed by atoms with E-state index < -0.39 is 0 Å². The van der Waals surface area contributed by atoms with Gasteiger partial charge >= 0.3 is 0 Å². The SMILES string of the molecule is C=C(C)/C(=C\C=C/C)CC(OC)C(C)(C)C. The van der Waals surface area contributed by atoms with Crippen molar-refractivity contribution in [2.45, 2.75) is 47.1 Å². The van der Waals surface area contributed by atoms with Crippen molar-refractivity contribution in [1.82, 2.24) is 0 Å². The molecule has 0 saturated heterocycles. The molecule has 16 heavy (non-hydrogen) atoms. The summed E-state index contributed by atoms with van der Waals surface area (Å²) in [4.78, 5) is 0. The van der Waals surface area contributed by atoms with Gasteiger partial charge in [-0.1, -0.05) is 51.2 Å². The lowest BCUT2D eigenvalue weighted by atomic mass is 9.84. The van der Waals surface area contributed by atoms with Crippen LogP contribution >= 0.6 is 0 Å². The summed E-state index contributed by atoms with van der Waals surface area (Å²) in [7, 11) is 1.78. The van der Waals surface area contributed by atoms with E-state index in [-0.39, 0.29) is 11.5 Å². The summed E-state index contributed by atoms with van der Waals surface area (Å²) >= 11 is 0. The van der Waals surface area contributed by atoms with Crippen LogP contribution in [0.2, 0.25) is 0 Å². The predicted molar refractivity (Wildman–Crippen MR) is 72.6 cm³/mol. The summed E-state index contributed by atoms with van der Waals surface area (Å²) in [6.07, 6.45) is 7.35. The minimum Gasteiger partial charge on any atom is -0.381 e. The Morgan fingerprint density at radius 1 is 1.38 bits per heavy atom. The Morgan fingerprint density at radius 2 is 1.94 bits per heavy atom. The van der Waals surface area contributed by atoms with Crippen LogP contribution in [0.1, 0.15) is 41.0 Å². The summed E-state index contributed by atoms with van der Waals surface area (Å²) in [5.41, 5.74) is 2.53. The molecule has 92 valence electrons. The second-order valence-corrected chi connectivity index (χ2v) is 5.29. The van der Waals surface area contributed by atoms with Gasteiger partial charge in [-0.2, -0.15) is 0 Å². The Bertz CT molecular complexity index is 276. The van der Waals surface area contributed by atoms with Crippen molar-refractivity contribution < 1.29 is 4.74 Å². The van der Waals surface area contributed by atoms with Gasteiger partial charge in [0.15, 0.2) is 0 Å². The van der Waals surface area contributed by atoms with Crippen molar-refractivity contribution >= 4 is 0 Å². The molecule has 0 rings (SSSR count). The van der Waals surface area contributed by atoms with Crippen LogP contribution in [0.15, 0.2) is 36.0 Å². The summed E-state index contributed by atoms with van der Waals surface area (Å²) < 4.78 is 5.57. The smallest absolute Gasteiger partial charge is 0.0659 e. The van der Waals surface area contributed by atoms with Crippen molar-refractivity contribution in [1.29, 1.82) is 0 Å². The second kappa shape index (κ2) is 6.70. The lowest BCUT2D eigenvalue weighted by Gasteiger charge is -2.30. The van der Waals surface area contributed by atoms with Gasteiger partial charge in [-0.25, -0.2) is 0 Å². The Labute approximate surface area is 101 Å². The molecule has 0 N–H and O–H groups in total. The molecule has 1 unspecified atom stereocenters. The van der Waals surface area contributed by atoms with Crippen LogP contribution in [0.3, 0.4) is 0 Å². The number of allylic oxidation sites excluding steroid dienone is 4. The minimum atomic E-state index is 0.152. The largest absolute Gasteiger partial charge is 0.381 e. The average Bonchev–Trinajstić information content (AvgIpc) is 2.15. The van der Waals surface area contributed by atoms with Crippen LogP contribution < -0.4 is 0 Å². The summed E-state index contributed by atoms with van der Waals surface area (Å²) in [6, 6.07) is 0. The highest BCUT2D eigenvalue weighted by atomic mass is 16.5. The molecule has 0 saturated carbocycles. The molecule has 0 aliphatic heterocycles. The molecule has 0 aromatic carbocycles. The van der Waals surface area contributed by atoms with Gasteiger partial charge in [0.2, 0.25) is 0 Å². The molecule has 0 radical (unpaired) electrons. The van der Waals surface area contributed by atoms with E-state index >= 15 is 0 Å². The molecule has 0 aliphatic carbocycles. The molecule has 0 heterocycles. The lowest BCUT2D eigenvalue weighted by molar-refractivity contribution is 0.0177. The van der Waals surface area contributed by atoms with Gasteiger partial charge in [0.05, 0.1) is 6.10 Å². The van der Waals surface area contributed by atoms with Crippen LogP contribution in [0.5, 0.6) is 0 Å². The Balaban J connectivity index is 4.80. The number of ether oxygens (including phenoxy) is 1. The lowest BCUT2D eigenvalue weighted by Crippen LogP contribution is -2.28. The van der Waals surface area contributed by atoms with Crippen LogP contribution in [0, 0.1) is 5.41 Å². The van der Waals surface area contributed by atoms with E-state index in [1.165, 1.54) is 5.57 Å². The van der Waals surface area contributed by atoms with Gasteiger partial charge < -0.3 is 4.74 Å². The summed E-state index contributed by atoms with van der Waals surface area (Å²) in [5.74, 6) is 0. The third-order valence-corrected chi connectivity index (χ3v) is 2.69. The fourth-order valence-corrected chi connectivity index (χ4v) is 1.54. The van der Waals surface area contributed by atoms with Gasteiger partial charge in [0, 0.05) is 7.11 Å². The van der Waals surface area contributed by atoms with Gasteiger partial charge in [-0.3, -0.25) is 0 Å². The van der Waals surface area contributed by atoms with Crippen LogP contribution in [0.4, 0.5) is 0 Å². The third-order valence-electron chi connectivity index (χ3n) is 2.69. The zero-order valence-corrected chi connectivity index (χ0v) is 11.6.